The van der Waals surface area contributed by atoms with Crippen molar-refractivity contribution in [1.29, 1.82) is 0 Å². The summed E-state index contributed by atoms with van der Waals surface area (Å²) in [5.41, 5.74) is 1.20. The summed E-state index contributed by atoms with van der Waals surface area (Å²) < 4.78 is 11.5. The van der Waals surface area contributed by atoms with E-state index in [1.807, 2.05) is 24.3 Å². The van der Waals surface area contributed by atoms with E-state index in [-0.39, 0.29) is 11.0 Å². The molecule has 0 aliphatic rings. The van der Waals surface area contributed by atoms with Crippen LogP contribution >= 0.6 is 28.1 Å². The second-order valence-corrected chi connectivity index (χ2v) is 6.08. The first-order chi connectivity index (χ1) is 11.6. The fraction of sp³-hybridized carbons (Fsp3) is 0.176. The summed E-state index contributed by atoms with van der Waals surface area (Å²) in [6.45, 7) is 0.807. The molecule has 2 aromatic rings. The molecule has 0 aliphatic carbocycles. The monoisotopic (exact) mass is 408 g/mol. The second-order valence-electron chi connectivity index (χ2n) is 4.75. The van der Waals surface area contributed by atoms with Gasteiger partial charge in [0, 0.05) is 17.3 Å². The number of hydrogen-bond acceptors (Lipinski definition) is 4. The van der Waals surface area contributed by atoms with Gasteiger partial charge in [0.25, 0.3) is 5.91 Å². The van der Waals surface area contributed by atoms with Crippen molar-refractivity contribution in [3.05, 3.63) is 58.6 Å². The summed E-state index contributed by atoms with van der Waals surface area (Å²) in [7, 11) is 1.59. The lowest BCUT2D eigenvalue weighted by atomic mass is 10.2. The molecule has 0 spiro atoms. The number of benzene rings is 2. The van der Waals surface area contributed by atoms with Crippen LogP contribution in [-0.2, 0) is 4.74 Å². The predicted octanol–water partition coefficient (Wildman–Crippen LogP) is 3.60. The number of thiocarbonyl (C=S) groups is 1. The zero-order chi connectivity index (χ0) is 17.4. The molecule has 1 amide bonds. The molecule has 0 heterocycles. The van der Waals surface area contributed by atoms with Crippen molar-refractivity contribution in [3.63, 3.8) is 0 Å². The first-order valence-electron chi connectivity index (χ1n) is 7.19. The first kappa shape index (κ1) is 18.4. The Morgan fingerprint density at radius 3 is 2.54 bits per heavy atom. The lowest BCUT2D eigenvalue weighted by Crippen LogP contribution is -2.34. The molecule has 2 rings (SSSR count). The minimum atomic E-state index is -0.336. The van der Waals surface area contributed by atoms with Gasteiger partial charge >= 0.3 is 0 Å². The van der Waals surface area contributed by atoms with Crippen LogP contribution < -0.4 is 15.4 Å². The summed E-state index contributed by atoms with van der Waals surface area (Å²) >= 11 is 8.54. The number of carbonyl (C=O) groups is 1. The maximum Gasteiger partial charge on any atom is 0.261 e. The van der Waals surface area contributed by atoms with Gasteiger partial charge in [-0.05, 0) is 48.6 Å². The minimum Gasteiger partial charge on any atom is -0.490 e. The standard InChI is InChI=1S/C17H17BrN2O3S/c1-22-10-11-23-15-5-3-2-4-14(15)16(21)20-17(24)19-13-8-6-12(18)7-9-13/h2-9H,10-11H2,1H3,(H2,19,20,21,24). The number of rotatable bonds is 6. The third kappa shape index (κ3) is 5.59. The number of carbonyl (C=O) groups excluding carboxylic acids is 1. The fourth-order valence-corrected chi connectivity index (χ4v) is 2.36. The minimum absolute atomic E-state index is 0.217. The summed E-state index contributed by atoms with van der Waals surface area (Å²) in [5, 5.41) is 5.82. The molecule has 0 saturated carbocycles. The van der Waals surface area contributed by atoms with Gasteiger partial charge in [0.05, 0.1) is 12.2 Å². The summed E-state index contributed by atoms with van der Waals surface area (Å²) in [6.07, 6.45) is 0. The Morgan fingerprint density at radius 2 is 1.83 bits per heavy atom. The summed E-state index contributed by atoms with van der Waals surface area (Å²) in [6, 6.07) is 14.4. The molecule has 2 N–H and O–H groups in total. The number of para-hydroxylation sites is 1. The van der Waals surface area contributed by atoms with E-state index < -0.39 is 0 Å². The van der Waals surface area contributed by atoms with Crippen LogP contribution in [0.25, 0.3) is 0 Å². The number of nitrogens with one attached hydrogen (secondary N) is 2. The van der Waals surface area contributed by atoms with Gasteiger partial charge in [-0.3, -0.25) is 10.1 Å². The number of anilines is 1. The first-order valence-corrected chi connectivity index (χ1v) is 8.39. The van der Waals surface area contributed by atoms with Crippen LogP contribution in [0.1, 0.15) is 10.4 Å². The van der Waals surface area contributed by atoms with E-state index in [1.54, 1.807) is 31.4 Å². The van der Waals surface area contributed by atoms with Crippen LogP contribution in [0.3, 0.4) is 0 Å². The van der Waals surface area contributed by atoms with E-state index in [9.17, 15) is 4.79 Å². The topological polar surface area (TPSA) is 59.6 Å². The Labute approximate surface area is 154 Å². The highest BCUT2D eigenvalue weighted by molar-refractivity contribution is 9.10. The van der Waals surface area contributed by atoms with Crippen LogP contribution in [0, 0.1) is 0 Å². The zero-order valence-corrected chi connectivity index (χ0v) is 15.4. The molecule has 0 unspecified atom stereocenters. The van der Waals surface area contributed by atoms with E-state index in [2.05, 4.69) is 26.6 Å². The Kier molecular flexibility index (Phi) is 7.17. The van der Waals surface area contributed by atoms with Crippen molar-refractivity contribution in [1.82, 2.24) is 5.32 Å². The average molecular weight is 409 g/mol. The second kappa shape index (κ2) is 9.36. The van der Waals surface area contributed by atoms with E-state index in [0.717, 1.165) is 10.2 Å². The molecule has 126 valence electrons. The van der Waals surface area contributed by atoms with Gasteiger partial charge in [0.2, 0.25) is 0 Å². The third-order valence-corrected chi connectivity index (χ3v) is 3.74. The Hall–Kier alpha value is -1.96. The number of hydrogen-bond donors (Lipinski definition) is 2. The van der Waals surface area contributed by atoms with Crippen LogP contribution in [0.2, 0.25) is 0 Å². The predicted molar refractivity (Wildman–Crippen MR) is 102 cm³/mol. The molecular weight excluding hydrogens is 392 g/mol. The van der Waals surface area contributed by atoms with Gasteiger partial charge in [0.1, 0.15) is 12.4 Å². The van der Waals surface area contributed by atoms with E-state index in [0.29, 0.717) is 24.5 Å². The Balaban J connectivity index is 1.98. The van der Waals surface area contributed by atoms with Crippen molar-refractivity contribution in [3.8, 4) is 5.75 Å². The van der Waals surface area contributed by atoms with Crippen LogP contribution in [0.5, 0.6) is 5.75 Å². The SMILES string of the molecule is COCCOc1ccccc1C(=O)NC(=S)Nc1ccc(Br)cc1. The molecule has 7 heteroatoms. The van der Waals surface area contributed by atoms with Gasteiger partial charge in [-0.25, -0.2) is 0 Å². The normalized spacial score (nSPS) is 10.1. The van der Waals surface area contributed by atoms with Crippen molar-refractivity contribution in [2.24, 2.45) is 0 Å². The molecule has 0 radical (unpaired) electrons. The smallest absolute Gasteiger partial charge is 0.261 e. The fourth-order valence-electron chi connectivity index (χ4n) is 1.88. The highest BCUT2D eigenvalue weighted by Gasteiger charge is 2.13. The summed E-state index contributed by atoms with van der Waals surface area (Å²) in [4.78, 5) is 12.4. The highest BCUT2D eigenvalue weighted by atomic mass is 79.9. The lowest BCUT2D eigenvalue weighted by Gasteiger charge is -2.13. The molecule has 24 heavy (non-hydrogen) atoms. The van der Waals surface area contributed by atoms with Crippen molar-refractivity contribution < 1.29 is 14.3 Å². The maximum atomic E-state index is 12.4. The highest BCUT2D eigenvalue weighted by Crippen LogP contribution is 2.18. The van der Waals surface area contributed by atoms with Gasteiger partial charge in [-0.1, -0.05) is 28.1 Å². The number of amides is 1. The molecule has 0 aromatic heterocycles. The Morgan fingerprint density at radius 1 is 1.12 bits per heavy atom. The quantitative estimate of drug-likeness (QED) is 0.564. The van der Waals surface area contributed by atoms with Crippen LogP contribution in [0.4, 0.5) is 5.69 Å². The maximum absolute atomic E-state index is 12.4. The van der Waals surface area contributed by atoms with Gasteiger partial charge in [-0.15, -0.1) is 0 Å². The molecule has 5 nitrogen and oxygen atoms in total. The molecule has 2 aromatic carbocycles. The lowest BCUT2D eigenvalue weighted by molar-refractivity contribution is 0.0970. The van der Waals surface area contributed by atoms with E-state index in [1.165, 1.54) is 0 Å². The third-order valence-electron chi connectivity index (χ3n) is 3.01. The molecule has 0 fully saturated rings. The molecule has 0 atom stereocenters. The van der Waals surface area contributed by atoms with E-state index >= 15 is 0 Å². The van der Waals surface area contributed by atoms with Crippen molar-refractivity contribution in [2.75, 3.05) is 25.6 Å². The molecule has 0 aliphatic heterocycles. The van der Waals surface area contributed by atoms with Crippen LogP contribution in [-0.4, -0.2) is 31.3 Å². The molecule has 0 saturated heterocycles. The van der Waals surface area contributed by atoms with Gasteiger partial charge < -0.3 is 14.8 Å². The number of ether oxygens (including phenoxy) is 2. The van der Waals surface area contributed by atoms with Crippen molar-refractivity contribution >= 4 is 44.9 Å². The van der Waals surface area contributed by atoms with Gasteiger partial charge in [0.15, 0.2) is 5.11 Å². The average Bonchev–Trinajstić information content (AvgIpc) is 2.57. The number of halogens is 1. The van der Waals surface area contributed by atoms with Gasteiger partial charge in [-0.2, -0.15) is 0 Å². The number of methoxy groups -OCH3 is 1. The van der Waals surface area contributed by atoms with E-state index in [4.69, 9.17) is 21.7 Å². The molecule has 0 bridgehead atoms. The Bertz CT molecular complexity index is 707. The largest absolute Gasteiger partial charge is 0.490 e. The summed E-state index contributed by atoms with van der Waals surface area (Å²) in [5.74, 6) is 0.149. The van der Waals surface area contributed by atoms with Crippen molar-refractivity contribution in [2.45, 2.75) is 0 Å². The zero-order valence-electron chi connectivity index (χ0n) is 13.0. The molecular formula is C17H17BrN2O3S. The van der Waals surface area contributed by atoms with Crippen LogP contribution in [0.15, 0.2) is 53.0 Å².